The van der Waals surface area contributed by atoms with Crippen LogP contribution in [0.5, 0.6) is 0 Å². The number of anilines is 1. The average Bonchev–Trinajstić information content (AvgIpc) is 3.10. The molecule has 9 heteroatoms. The zero-order chi connectivity index (χ0) is 23.3. The predicted octanol–water partition coefficient (Wildman–Crippen LogP) is 8.70. The summed E-state index contributed by atoms with van der Waals surface area (Å²) < 4.78 is 1.01. The number of nitro benzene ring substituents is 1. The van der Waals surface area contributed by atoms with Gasteiger partial charge >= 0.3 is 0 Å². The summed E-state index contributed by atoms with van der Waals surface area (Å²) in [6.45, 7) is 0. The number of alkyl halides is 1. The normalized spacial score (nSPS) is 25.8. The molecule has 0 radical (unpaired) electrons. The zero-order valence-corrected chi connectivity index (χ0v) is 21.7. The van der Waals surface area contributed by atoms with E-state index < -0.39 is 0 Å². The fourth-order valence-corrected chi connectivity index (χ4v) is 7.79. The molecule has 3 aromatic rings. The molecule has 3 aromatic carbocycles. The number of rotatable bonds is 4. The minimum atomic E-state index is -0.339. The molecule has 1 heterocycles. The second kappa shape index (κ2) is 9.31. The maximum absolute atomic E-state index is 11.5. The molecule has 0 spiro atoms. The minimum Gasteiger partial charge on any atom is -0.376 e. The smallest absolute Gasteiger partial charge is 0.282 e. The lowest BCUT2D eigenvalue weighted by Crippen LogP contribution is -2.31. The van der Waals surface area contributed by atoms with Crippen LogP contribution in [-0.4, -0.2) is 15.6 Å². The molecule has 4 nitrogen and oxygen atoms in total. The first-order chi connectivity index (χ1) is 15.8. The van der Waals surface area contributed by atoms with Crippen LogP contribution >= 0.6 is 62.5 Å². The van der Waals surface area contributed by atoms with Crippen LogP contribution < -0.4 is 5.32 Å². The van der Waals surface area contributed by atoms with Crippen molar-refractivity contribution in [2.24, 2.45) is 5.92 Å². The molecule has 1 fully saturated rings. The maximum Gasteiger partial charge on any atom is 0.282 e. The van der Waals surface area contributed by atoms with E-state index in [1.165, 1.54) is 17.8 Å². The summed E-state index contributed by atoms with van der Waals surface area (Å²) in [4.78, 5) is 11.8. The van der Waals surface area contributed by atoms with Gasteiger partial charge in [-0.2, -0.15) is 0 Å². The highest BCUT2D eigenvalue weighted by Gasteiger charge is 2.50. The van der Waals surface area contributed by atoms with E-state index in [1.807, 2.05) is 24.3 Å². The Morgan fingerprint density at radius 3 is 2.55 bits per heavy atom. The highest BCUT2D eigenvalue weighted by atomic mass is 79.9. The number of thioether (sulfide) groups is 1. The highest BCUT2D eigenvalue weighted by Crippen LogP contribution is 2.59. The number of fused-ring (bicyclic) bond motifs is 3. The van der Waals surface area contributed by atoms with Crippen LogP contribution in [0.25, 0.3) is 0 Å². The van der Waals surface area contributed by atoms with Crippen molar-refractivity contribution in [3.05, 3.63) is 96.4 Å². The fourth-order valence-electron chi connectivity index (χ4n) is 5.01. The first-order valence-electron chi connectivity index (χ1n) is 10.4. The van der Waals surface area contributed by atoms with E-state index in [0.717, 1.165) is 27.7 Å². The molecule has 0 bridgehead atoms. The van der Waals surface area contributed by atoms with Gasteiger partial charge in [-0.3, -0.25) is 10.1 Å². The van der Waals surface area contributed by atoms with Crippen LogP contribution in [0, 0.1) is 16.0 Å². The third kappa shape index (κ3) is 4.37. The van der Waals surface area contributed by atoms with E-state index in [-0.39, 0.29) is 39.1 Å². The number of hydrogen-bond donors (Lipinski definition) is 1. The standard InChI is InChI=1S/C24H18BrCl3N2O2S/c25-13-7-5-12(6-8-13)23-16-11-20(33-19-4-2-1-3-18(19)30(31)32)22(28)21(16)15-9-14(26)10-17(27)24(15)29-23/h1-10,16,20-23,29H,11H2. The summed E-state index contributed by atoms with van der Waals surface area (Å²) in [5, 5.41) is 16.1. The molecule has 0 saturated heterocycles. The number of hydrogen-bond acceptors (Lipinski definition) is 4. The van der Waals surface area contributed by atoms with Crippen molar-refractivity contribution in [2.75, 3.05) is 5.32 Å². The monoisotopic (exact) mass is 582 g/mol. The Labute approximate surface area is 219 Å². The Kier molecular flexibility index (Phi) is 6.57. The first kappa shape index (κ1) is 23.3. The summed E-state index contributed by atoms with van der Waals surface area (Å²) in [7, 11) is 0. The van der Waals surface area contributed by atoms with Crippen molar-refractivity contribution in [1.82, 2.24) is 0 Å². The lowest BCUT2D eigenvalue weighted by molar-refractivity contribution is -0.387. The Morgan fingerprint density at radius 2 is 1.82 bits per heavy atom. The lowest BCUT2D eigenvalue weighted by Gasteiger charge is -2.39. The maximum atomic E-state index is 11.5. The van der Waals surface area contributed by atoms with Gasteiger partial charge in [-0.25, -0.2) is 0 Å². The molecule has 5 unspecified atom stereocenters. The number of nitro groups is 1. The molecule has 170 valence electrons. The quantitative estimate of drug-likeness (QED) is 0.189. The summed E-state index contributed by atoms with van der Waals surface area (Å²) in [5.74, 6) is 0.184. The van der Waals surface area contributed by atoms with Crippen molar-refractivity contribution < 1.29 is 4.92 Å². The summed E-state index contributed by atoms with van der Waals surface area (Å²) in [5.41, 5.74) is 3.12. The van der Waals surface area contributed by atoms with Gasteiger partial charge in [-0.05, 0) is 53.8 Å². The van der Waals surface area contributed by atoms with Gasteiger partial charge in [0, 0.05) is 26.7 Å². The molecule has 1 saturated carbocycles. The molecule has 5 atom stereocenters. The van der Waals surface area contributed by atoms with Gasteiger partial charge in [0.2, 0.25) is 0 Å². The summed E-state index contributed by atoms with van der Waals surface area (Å²) in [6.07, 6.45) is 0.798. The number of halogens is 4. The van der Waals surface area contributed by atoms with Crippen molar-refractivity contribution in [2.45, 2.75) is 33.9 Å². The van der Waals surface area contributed by atoms with Gasteiger partial charge in [0.25, 0.3) is 5.69 Å². The Bertz CT molecular complexity index is 1230. The third-order valence-electron chi connectivity index (χ3n) is 6.41. The van der Waals surface area contributed by atoms with Crippen molar-refractivity contribution in [1.29, 1.82) is 0 Å². The van der Waals surface area contributed by atoms with Gasteiger partial charge in [0.05, 0.1) is 31.9 Å². The van der Waals surface area contributed by atoms with Crippen LogP contribution in [0.3, 0.4) is 0 Å². The molecule has 0 amide bonds. The Morgan fingerprint density at radius 1 is 1.09 bits per heavy atom. The molecule has 2 aliphatic rings. The number of nitrogens with one attached hydrogen (secondary N) is 1. The van der Waals surface area contributed by atoms with Crippen LogP contribution in [-0.2, 0) is 0 Å². The van der Waals surface area contributed by atoms with Gasteiger partial charge in [0.15, 0.2) is 0 Å². The molecule has 5 rings (SSSR count). The largest absolute Gasteiger partial charge is 0.376 e. The summed E-state index contributed by atoms with van der Waals surface area (Å²) in [6, 6.07) is 18.8. The minimum absolute atomic E-state index is 0.00637. The van der Waals surface area contributed by atoms with Gasteiger partial charge in [-0.15, -0.1) is 23.4 Å². The fraction of sp³-hybridized carbons (Fsp3) is 0.250. The first-order valence-corrected chi connectivity index (χ1v) is 13.2. The van der Waals surface area contributed by atoms with Crippen LogP contribution in [0.2, 0.25) is 10.0 Å². The highest BCUT2D eigenvalue weighted by molar-refractivity contribution is 9.10. The SMILES string of the molecule is O=[N+]([O-])c1ccccc1SC1CC2C(c3ccc(Br)cc3)Nc3c(Cl)cc(Cl)cc3C2C1Cl. The number of para-hydroxylation sites is 1. The molecule has 33 heavy (non-hydrogen) atoms. The predicted molar refractivity (Wildman–Crippen MR) is 140 cm³/mol. The van der Waals surface area contributed by atoms with Gasteiger partial charge < -0.3 is 5.32 Å². The molecule has 1 N–H and O–H groups in total. The molecule has 1 aliphatic heterocycles. The second-order valence-electron chi connectivity index (χ2n) is 8.28. The Balaban J connectivity index is 1.56. The second-order valence-corrected chi connectivity index (χ2v) is 11.8. The molecule has 1 aliphatic carbocycles. The van der Waals surface area contributed by atoms with Crippen LogP contribution in [0.1, 0.15) is 29.5 Å². The van der Waals surface area contributed by atoms with Crippen molar-refractivity contribution in [3.8, 4) is 0 Å². The zero-order valence-electron chi connectivity index (χ0n) is 17.1. The van der Waals surface area contributed by atoms with Crippen LogP contribution in [0.15, 0.2) is 70.0 Å². The van der Waals surface area contributed by atoms with Gasteiger partial charge in [-0.1, -0.05) is 63.4 Å². The molecular weight excluding hydrogens is 567 g/mol. The average molecular weight is 585 g/mol. The van der Waals surface area contributed by atoms with E-state index in [1.54, 1.807) is 18.2 Å². The van der Waals surface area contributed by atoms with E-state index in [9.17, 15) is 10.1 Å². The third-order valence-corrected chi connectivity index (χ3v) is 9.56. The van der Waals surface area contributed by atoms with Crippen molar-refractivity contribution >= 4 is 73.9 Å². The number of nitrogens with zero attached hydrogens (tertiary/aromatic N) is 1. The molecule has 0 aromatic heterocycles. The van der Waals surface area contributed by atoms with Gasteiger partial charge in [0.1, 0.15) is 0 Å². The van der Waals surface area contributed by atoms with Crippen LogP contribution in [0.4, 0.5) is 11.4 Å². The van der Waals surface area contributed by atoms with E-state index in [2.05, 4.69) is 33.4 Å². The summed E-state index contributed by atoms with van der Waals surface area (Å²) >= 11 is 25.1. The van der Waals surface area contributed by atoms with E-state index in [0.29, 0.717) is 14.9 Å². The topological polar surface area (TPSA) is 55.2 Å². The van der Waals surface area contributed by atoms with E-state index in [4.69, 9.17) is 34.8 Å². The molecular formula is C24H18BrCl3N2O2S. The Hall–Kier alpha value is -1.44. The van der Waals surface area contributed by atoms with Crippen molar-refractivity contribution in [3.63, 3.8) is 0 Å². The number of benzene rings is 3. The van der Waals surface area contributed by atoms with E-state index >= 15 is 0 Å². The lowest BCUT2D eigenvalue weighted by atomic mass is 9.77.